The van der Waals surface area contributed by atoms with E-state index in [2.05, 4.69) is 247 Å². The predicted octanol–water partition coefficient (Wildman–Crippen LogP) is 17.3. The third-order valence-corrected chi connectivity index (χ3v) is 15.9. The summed E-state index contributed by atoms with van der Waals surface area (Å²) in [7, 11) is 0. The summed E-state index contributed by atoms with van der Waals surface area (Å²) in [5, 5.41) is 2.36. The van der Waals surface area contributed by atoms with Crippen LogP contribution >= 0.6 is 0 Å². The molecule has 0 unspecified atom stereocenters. The molecule has 3 aliphatic rings. The highest BCUT2D eigenvalue weighted by molar-refractivity contribution is 6.08. The first-order valence-electron chi connectivity index (χ1n) is 23.9. The molecule has 0 spiro atoms. The minimum absolute atomic E-state index is 0.0394. The molecule has 324 valence electrons. The van der Waals surface area contributed by atoms with Gasteiger partial charge >= 0.3 is 0 Å². The molecule has 0 N–H and O–H groups in total. The molecule has 1 heterocycles. The minimum atomic E-state index is -0.520. The van der Waals surface area contributed by atoms with Gasteiger partial charge in [0.1, 0.15) is 11.2 Å². The highest BCUT2D eigenvalue weighted by Crippen LogP contribution is 2.58. The highest BCUT2D eigenvalue weighted by Gasteiger charge is 2.46. The lowest BCUT2D eigenvalue weighted by molar-refractivity contribution is 0.590. The predicted molar refractivity (Wildman–Crippen MR) is 280 cm³/mol. The van der Waals surface area contributed by atoms with Crippen molar-refractivity contribution in [2.45, 2.75) is 70.1 Å². The molecule has 67 heavy (non-hydrogen) atoms. The van der Waals surface area contributed by atoms with Crippen molar-refractivity contribution in [2.24, 2.45) is 0 Å². The van der Waals surface area contributed by atoms with Crippen molar-refractivity contribution in [3.05, 3.63) is 244 Å². The number of benzene rings is 9. The van der Waals surface area contributed by atoms with Crippen LogP contribution in [0.2, 0.25) is 0 Å². The molecule has 0 saturated heterocycles. The second-order valence-corrected chi connectivity index (χ2v) is 21.3. The SMILES string of the molecule is CC(C)(C)c1ccc2oc3cc4c(cc3c2c1)-c1ccc(N(c2cccc(C3(c5ccccc5)c5ccccc5-c5ccccc53)c2)c2ccc3c(c2)C(C)(C)c2ccccc2-3)cc1C4(C)C. The van der Waals surface area contributed by atoms with Crippen molar-refractivity contribution in [2.75, 3.05) is 4.90 Å². The molecular formula is C65H53NO. The lowest BCUT2D eigenvalue weighted by atomic mass is 9.67. The molecule has 3 aliphatic carbocycles. The summed E-state index contributed by atoms with van der Waals surface area (Å²) in [4.78, 5) is 2.51. The fraction of sp³-hybridized carbons (Fsp3) is 0.169. The van der Waals surface area contributed by atoms with Gasteiger partial charge in [0.2, 0.25) is 0 Å². The summed E-state index contributed by atoms with van der Waals surface area (Å²) in [5.74, 6) is 0. The molecule has 10 aromatic rings. The average molecular weight is 864 g/mol. The number of nitrogens with zero attached hydrogens (tertiary/aromatic N) is 1. The zero-order valence-corrected chi connectivity index (χ0v) is 39.3. The van der Waals surface area contributed by atoms with Crippen molar-refractivity contribution in [1.82, 2.24) is 0 Å². The van der Waals surface area contributed by atoms with Gasteiger partial charge in [-0.3, -0.25) is 0 Å². The van der Waals surface area contributed by atoms with Crippen molar-refractivity contribution in [1.29, 1.82) is 0 Å². The van der Waals surface area contributed by atoms with Crippen molar-refractivity contribution in [3.63, 3.8) is 0 Å². The molecule has 0 atom stereocenters. The van der Waals surface area contributed by atoms with E-state index in [-0.39, 0.29) is 16.2 Å². The minimum Gasteiger partial charge on any atom is -0.456 e. The second kappa shape index (κ2) is 13.8. The van der Waals surface area contributed by atoms with Gasteiger partial charge in [-0.1, -0.05) is 182 Å². The van der Waals surface area contributed by atoms with Crippen LogP contribution in [0.4, 0.5) is 17.1 Å². The van der Waals surface area contributed by atoms with Gasteiger partial charge in [-0.15, -0.1) is 0 Å². The summed E-state index contributed by atoms with van der Waals surface area (Å²) in [6, 6.07) is 73.3. The maximum Gasteiger partial charge on any atom is 0.135 e. The standard InChI is InChI=1S/C65H53NO/c1-62(2,3)41-28-33-60-52(35-41)53-38-51-50-32-30-45(37-58(50)64(6,7)59(51)39-61(53)67-60)66(44-29-31-49-46-22-11-14-25-54(46)63(4,5)57(49)36-44)43-21-17-20-42(34-43)65(40-18-9-8-10-19-40)55-26-15-12-23-47(55)48-24-13-16-27-56(48)65/h8-39H,1-7H3. The Morgan fingerprint density at radius 2 is 0.851 bits per heavy atom. The first-order valence-corrected chi connectivity index (χ1v) is 23.9. The topological polar surface area (TPSA) is 16.4 Å². The monoisotopic (exact) mass is 863 g/mol. The summed E-state index contributed by atoms with van der Waals surface area (Å²) >= 11 is 0. The smallest absolute Gasteiger partial charge is 0.135 e. The van der Waals surface area contributed by atoms with Crippen LogP contribution in [0.5, 0.6) is 0 Å². The maximum absolute atomic E-state index is 6.62. The van der Waals surface area contributed by atoms with E-state index in [0.29, 0.717) is 0 Å². The van der Waals surface area contributed by atoms with Gasteiger partial charge in [0.25, 0.3) is 0 Å². The Morgan fingerprint density at radius 3 is 1.49 bits per heavy atom. The van der Waals surface area contributed by atoms with Crippen LogP contribution < -0.4 is 4.90 Å². The maximum atomic E-state index is 6.62. The van der Waals surface area contributed by atoms with E-state index in [1.165, 1.54) is 94.2 Å². The molecule has 0 aliphatic heterocycles. The molecule has 0 fully saturated rings. The number of hydrogen-bond acceptors (Lipinski definition) is 2. The first kappa shape index (κ1) is 39.9. The summed E-state index contributed by atoms with van der Waals surface area (Å²) in [6.45, 7) is 16.4. The molecule has 0 saturated carbocycles. The van der Waals surface area contributed by atoms with Gasteiger partial charge in [-0.25, -0.2) is 0 Å². The van der Waals surface area contributed by atoms with E-state index >= 15 is 0 Å². The molecule has 0 radical (unpaired) electrons. The molecule has 13 rings (SSSR count). The van der Waals surface area contributed by atoms with Gasteiger partial charge in [0, 0.05) is 38.7 Å². The number of anilines is 3. The molecule has 0 amide bonds. The fourth-order valence-corrected chi connectivity index (χ4v) is 12.5. The van der Waals surface area contributed by atoms with E-state index in [1.807, 2.05) is 0 Å². The fourth-order valence-electron chi connectivity index (χ4n) is 12.5. The Bertz CT molecular complexity index is 3640. The van der Waals surface area contributed by atoms with Gasteiger partial charge in [0.05, 0.1) is 5.41 Å². The van der Waals surface area contributed by atoms with E-state index < -0.39 is 5.41 Å². The quantitative estimate of drug-likeness (QED) is 0.171. The van der Waals surface area contributed by atoms with E-state index in [1.54, 1.807) is 0 Å². The molecule has 0 bridgehead atoms. The van der Waals surface area contributed by atoms with Crippen molar-refractivity contribution >= 4 is 39.0 Å². The zero-order chi connectivity index (χ0) is 45.6. The third-order valence-electron chi connectivity index (χ3n) is 15.9. The van der Waals surface area contributed by atoms with E-state index in [0.717, 1.165) is 28.2 Å². The molecular weight excluding hydrogens is 811 g/mol. The number of furan rings is 1. The summed E-state index contributed by atoms with van der Waals surface area (Å²) in [6.07, 6.45) is 0. The first-order chi connectivity index (χ1) is 32.3. The summed E-state index contributed by atoms with van der Waals surface area (Å²) in [5.41, 5.74) is 24.0. The second-order valence-electron chi connectivity index (χ2n) is 21.3. The highest BCUT2D eigenvalue weighted by atomic mass is 16.3. The van der Waals surface area contributed by atoms with Crippen LogP contribution in [0, 0.1) is 0 Å². The molecule has 2 nitrogen and oxygen atoms in total. The van der Waals surface area contributed by atoms with E-state index in [4.69, 9.17) is 4.42 Å². The van der Waals surface area contributed by atoms with Crippen LogP contribution in [-0.2, 0) is 21.7 Å². The molecule has 2 heteroatoms. The largest absolute Gasteiger partial charge is 0.456 e. The zero-order valence-electron chi connectivity index (χ0n) is 39.3. The van der Waals surface area contributed by atoms with Crippen LogP contribution in [0.1, 0.15) is 98.5 Å². The molecule has 9 aromatic carbocycles. The Labute approximate surface area is 394 Å². The normalized spacial score (nSPS) is 15.4. The Hall–Kier alpha value is -7.42. The summed E-state index contributed by atoms with van der Waals surface area (Å²) < 4.78 is 6.62. The lowest BCUT2D eigenvalue weighted by Gasteiger charge is -2.35. The lowest BCUT2D eigenvalue weighted by Crippen LogP contribution is -2.28. The van der Waals surface area contributed by atoms with Crippen LogP contribution in [-0.4, -0.2) is 0 Å². The molecule has 1 aromatic heterocycles. The van der Waals surface area contributed by atoms with Gasteiger partial charge in [-0.05, 0) is 150 Å². The van der Waals surface area contributed by atoms with Gasteiger partial charge < -0.3 is 9.32 Å². The van der Waals surface area contributed by atoms with Crippen LogP contribution in [0.25, 0.3) is 55.3 Å². The van der Waals surface area contributed by atoms with Crippen LogP contribution in [0.3, 0.4) is 0 Å². The van der Waals surface area contributed by atoms with E-state index in [9.17, 15) is 0 Å². The number of rotatable bonds is 5. The van der Waals surface area contributed by atoms with Crippen LogP contribution in [0.15, 0.2) is 199 Å². The van der Waals surface area contributed by atoms with Gasteiger partial charge in [-0.2, -0.15) is 0 Å². The average Bonchev–Trinajstić information content (AvgIpc) is 4.00. The Balaban J connectivity index is 1.03. The number of hydrogen-bond donors (Lipinski definition) is 0. The Morgan fingerprint density at radius 1 is 0.358 bits per heavy atom. The Kier molecular flexibility index (Phi) is 8.23. The van der Waals surface area contributed by atoms with Gasteiger partial charge in [0.15, 0.2) is 0 Å². The number of fused-ring (bicyclic) bond motifs is 12. The van der Waals surface area contributed by atoms with Crippen molar-refractivity contribution < 1.29 is 4.42 Å². The third kappa shape index (κ3) is 5.50. The van der Waals surface area contributed by atoms with Crippen molar-refractivity contribution in [3.8, 4) is 33.4 Å².